The number of amides is 2. The third-order valence-electron chi connectivity index (χ3n) is 6.44. The normalized spacial score (nSPS) is 25.4. The summed E-state index contributed by atoms with van der Waals surface area (Å²) in [6.45, 7) is 0.224. The predicted octanol–water partition coefficient (Wildman–Crippen LogP) is 5.48. The van der Waals surface area contributed by atoms with E-state index in [1.807, 2.05) is 0 Å². The average Bonchev–Trinajstić information content (AvgIpc) is 3.47. The molecule has 3 aliphatic rings. The third kappa shape index (κ3) is 3.96. The number of hydrazone groups is 1. The molecular weight excluding hydrogens is 531 g/mol. The van der Waals surface area contributed by atoms with Crippen LogP contribution in [0.25, 0.3) is 0 Å². The van der Waals surface area contributed by atoms with Gasteiger partial charge in [-0.15, -0.1) is 0 Å². The van der Waals surface area contributed by atoms with Crippen molar-refractivity contribution in [1.29, 1.82) is 0 Å². The van der Waals surface area contributed by atoms with Crippen LogP contribution in [-0.4, -0.2) is 30.1 Å². The van der Waals surface area contributed by atoms with Crippen LogP contribution in [0.15, 0.2) is 52.1 Å². The quantitative estimate of drug-likeness (QED) is 0.271. The van der Waals surface area contributed by atoms with Crippen LogP contribution in [0, 0.1) is 23.7 Å². The van der Waals surface area contributed by atoms with Crippen molar-refractivity contribution in [2.45, 2.75) is 13.0 Å². The van der Waals surface area contributed by atoms with Gasteiger partial charge in [-0.25, -0.2) is 0 Å². The number of ether oxygens (including phenoxy) is 2. The number of benzene rings is 2. The molecule has 2 aromatic carbocycles. The second-order valence-electron chi connectivity index (χ2n) is 8.28. The largest absolute Gasteiger partial charge is 0.493 e. The van der Waals surface area contributed by atoms with Gasteiger partial charge in [0.2, 0.25) is 0 Å². The fourth-order valence-corrected chi connectivity index (χ4v) is 5.72. The standard InChI is InChI=1S/C24H19BrCl2N2O4/c1-32-19-7-15(17(25)9-20(19)33-11-14-4-5-16(26)8-18(14)27)10-28-29-23(30)21-12-2-3-13(6-12)22(21)24(29)31/h2-5,7-10,12-13,21-22H,6,11H2,1H3/t12-,13-,21-,22+/m0/s1. The van der Waals surface area contributed by atoms with Crippen LogP contribution < -0.4 is 9.47 Å². The van der Waals surface area contributed by atoms with E-state index in [4.69, 9.17) is 32.7 Å². The lowest BCUT2D eigenvalue weighted by molar-refractivity contribution is -0.140. The summed E-state index contributed by atoms with van der Waals surface area (Å²) in [5, 5.41) is 6.32. The van der Waals surface area contributed by atoms with Gasteiger partial charge in [0.1, 0.15) is 6.61 Å². The number of fused-ring (bicyclic) bond motifs is 5. The van der Waals surface area contributed by atoms with Gasteiger partial charge in [0, 0.05) is 25.6 Å². The first kappa shape index (κ1) is 22.4. The number of carbonyl (C=O) groups excluding carboxylic acids is 2. The first-order chi connectivity index (χ1) is 15.9. The molecule has 2 fully saturated rings. The van der Waals surface area contributed by atoms with Crippen LogP contribution in [0.5, 0.6) is 11.5 Å². The maximum absolute atomic E-state index is 12.8. The smallest absolute Gasteiger partial charge is 0.254 e. The Morgan fingerprint density at radius 1 is 1.09 bits per heavy atom. The zero-order chi connectivity index (χ0) is 23.3. The van der Waals surface area contributed by atoms with Crippen molar-refractivity contribution in [1.82, 2.24) is 5.01 Å². The van der Waals surface area contributed by atoms with Gasteiger partial charge in [-0.2, -0.15) is 10.1 Å². The van der Waals surface area contributed by atoms with Crippen LogP contribution >= 0.6 is 39.1 Å². The highest BCUT2D eigenvalue weighted by Gasteiger charge is 2.59. The van der Waals surface area contributed by atoms with E-state index in [1.165, 1.54) is 13.3 Å². The van der Waals surface area contributed by atoms with Gasteiger partial charge >= 0.3 is 0 Å². The Labute approximate surface area is 209 Å². The van der Waals surface area contributed by atoms with E-state index in [-0.39, 0.29) is 42.1 Å². The zero-order valence-electron chi connectivity index (χ0n) is 17.5. The Morgan fingerprint density at radius 2 is 1.79 bits per heavy atom. The Hall–Kier alpha value is -2.35. The van der Waals surface area contributed by atoms with E-state index < -0.39 is 0 Å². The van der Waals surface area contributed by atoms with E-state index in [2.05, 4.69) is 33.2 Å². The molecule has 1 saturated heterocycles. The number of hydrogen-bond acceptors (Lipinski definition) is 5. The molecule has 0 aromatic heterocycles. The molecule has 2 aliphatic carbocycles. The number of methoxy groups -OCH3 is 1. The molecule has 2 aromatic rings. The fourth-order valence-electron chi connectivity index (χ4n) is 4.84. The van der Waals surface area contributed by atoms with Gasteiger partial charge in [0.25, 0.3) is 11.8 Å². The van der Waals surface area contributed by atoms with Crippen LogP contribution in [0.1, 0.15) is 17.5 Å². The highest BCUT2D eigenvalue weighted by atomic mass is 79.9. The minimum Gasteiger partial charge on any atom is -0.493 e. The van der Waals surface area contributed by atoms with Crippen molar-refractivity contribution < 1.29 is 19.1 Å². The summed E-state index contributed by atoms with van der Waals surface area (Å²) in [6.07, 6.45) is 6.48. The molecule has 5 rings (SSSR count). The summed E-state index contributed by atoms with van der Waals surface area (Å²) in [6, 6.07) is 8.68. The Balaban J connectivity index is 1.34. The number of carbonyl (C=O) groups is 2. The SMILES string of the molecule is COc1cc(C=NN2C(=O)[C@@H]3[C@H](C2=O)[C@H]2C=C[C@H]3C2)c(Br)cc1OCc1ccc(Cl)cc1Cl. The van der Waals surface area contributed by atoms with Gasteiger partial charge in [-0.1, -0.05) is 41.4 Å². The van der Waals surface area contributed by atoms with Crippen LogP contribution in [0.4, 0.5) is 0 Å². The summed E-state index contributed by atoms with van der Waals surface area (Å²) in [7, 11) is 1.53. The van der Waals surface area contributed by atoms with Crippen LogP contribution in [0.3, 0.4) is 0 Å². The highest BCUT2D eigenvalue weighted by Crippen LogP contribution is 2.52. The summed E-state index contributed by atoms with van der Waals surface area (Å²) in [5.41, 5.74) is 1.42. The van der Waals surface area contributed by atoms with Crippen molar-refractivity contribution in [3.05, 3.63) is 68.1 Å². The molecule has 1 heterocycles. The number of imide groups is 1. The molecule has 4 atom stereocenters. The molecule has 1 saturated carbocycles. The Kier molecular flexibility index (Phi) is 5.97. The minimum absolute atomic E-state index is 0.147. The summed E-state index contributed by atoms with van der Waals surface area (Å²) >= 11 is 15.7. The summed E-state index contributed by atoms with van der Waals surface area (Å²) < 4.78 is 12.1. The maximum atomic E-state index is 12.8. The van der Waals surface area contributed by atoms with E-state index in [9.17, 15) is 9.59 Å². The third-order valence-corrected chi connectivity index (χ3v) is 7.71. The number of nitrogens with zero attached hydrogens (tertiary/aromatic N) is 2. The number of halogens is 3. The highest BCUT2D eigenvalue weighted by molar-refractivity contribution is 9.10. The molecule has 0 unspecified atom stereocenters. The average molecular weight is 550 g/mol. The second kappa shape index (κ2) is 8.78. The van der Waals surface area contributed by atoms with Crippen molar-refractivity contribution in [3.63, 3.8) is 0 Å². The maximum Gasteiger partial charge on any atom is 0.254 e. The molecular formula is C24H19BrCl2N2O4. The van der Waals surface area contributed by atoms with Crippen molar-refractivity contribution in [2.75, 3.05) is 7.11 Å². The molecule has 0 N–H and O–H groups in total. The van der Waals surface area contributed by atoms with Crippen molar-refractivity contribution in [3.8, 4) is 11.5 Å². The Morgan fingerprint density at radius 3 is 2.42 bits per heavy atom. The van der Waals surface area contributed by atoms with Gasteiger partial charge in [-0.3, -0.25) is 9.59 Å². The summed E-state index contributed by atoms with van der Waals surface area (Å²) in [5.74, 6) is 0.266. The van der Waals surface area contributed by atoms with Gasteiger partial charge in [0.05, 0.1) is 25.2 Å². The van der Waals surface area contributed by atoms with E-state index >= 15 is 0 Å². The molecule has 2 bridgehead atoms. The molecule has 1 aliphatic heterocycles. The molecule has 170 valence electrons. The van der Waals surface area contributed by atoms with Gasteiger partial charge < -0.3 is 9.47 Å². The molecule has 0 radical (unpaired) electrons. The van der Waals surface area contributed by atoms with E-state index in [0.29, 0.717) is 31.6 Å². The molecule has 33 heavy (non-hydrogen) atoms. The number of hydrogen-bond donors (Lipinski definition) is 0. The molecule has 6 nitrogen and oxygen atoms in total. The monoisotopic (exact) mass is 548 g/mol. The topological polar surface area (TPSA) is 68.2 Å². The lowest BCUT2D eigenvalue weighted by Crippen LogP contribution is -2.28. The van der Waals surface area contributed by atoms with E-state index in [0.717, 1.165) is 17.0 Å². The first-order valence-corrected chi connectivity index (χ1v) is 12.0. The molecule has 0 spiro atoms. The fraction of sp³-hybridized carbons (Fsp3) is 0.292. The molecule has 9 heteroatoms. The lowest BCUT2D eigenvalue weighted by Gasteiger charge is -2.14. The molecule has 2 amide bonds. The van der Waals surface area contributed by atoms with Crippen molar-refractivity contribution in [2.24, 2.45) is 28.8 Å². The van der Waals surface area contributed by atoms with E-state index in [1.54, 1.807) is 30.3 Å². The van der Waals surface area contributed by atoms with Crippen LogP contribution in [-0.2, 0) is 16.2 Å². The lowest BCUT2D eigenvalue weighted by atomic mass is 9.85. The second-order valence-corrected chi connectivity index (χ2v) is 9.98. The zero-order valence-corrected chi connectivity index (χ0v) is 20.6. The number of allylic oxidation sites excluding steroid dienone is 2. The summed E-state index contributed by atoms with van der Waals surface area (Å²) in [4.78, 5) is 25.6. The minimum atomic E-state index is -0.280. The first-order valence-electron chi connectivity index (χ1n) is 10.4. The van der Waals surface area contributed by atoms with Crippen LogP contribution in [0.2, 0.25) is 10.0 Å². The van der Waals surface area contributed by atoms with Crippen molar-refractivity contribution >= 4 is 57.2 Å². The Bertz CT molecular complexity index is 1190. The van der Waals surface area contributed by atoms with Gasteiger partial charge in [-0.05, 0) is 58.5 Å². The number of rotatable bonds is 6. The van der Waals surface area contributed by atoms with Gasteiger partial charge in [0.15, 0.2) is 11.5 Å². The predicted molar refractivity (Wildman–Crippen MR) is 129 cm³/mol.